The van der Waals surface area contributed by atoms with Crippen LogP contribution in [0.2, 0.25) is 0 Å². The average molecular weight is 391 g/mol. The Bertz CT molecular complexity index is 1010. The summed E-state index contributed by atoms with van der Waals surface area (Å²) in [7, 11) is 0. The second-order valence-corrected chi connectivity index (χ2v) is 6.52. The molecule has 27 heavy (non-hydrogen) atoms. The first-order valence-corrected chi connectivity index (χ1v) is 8.44. The number of rotatable bonds is 4. The van der Waals surface area contributed by atoms with E-state index in [1.165, 1.54) is 24.5 Å². The first-order chi connectivity index (χ1) is 12.7. The number of carboxylic acid groups (broad SMARTS) is 1. The Hall–Kier alpha value is -3.07. The molecule has 3 rings (SSSR count). The highest BCUT2D eigenvalue weighted by Gasteiger charge is 2.29. The summed E-state index contributed by atoms with van der Waals surface area (Å²) in [6.45, 7) is 1.60. The van der Waals surface area contributed by atoms with Crippen LogP contribution >= 0.6 is 11.3 Å². The minimum Gasteiger partial charge on any atom is -0.477 e. The Labute approximate surface area is 155 Å². The minimum absolute atomic E-state index is 0.137. The average Bonchev–Trinajstić information content (AvgIpc) is 3.02. The number of hydrogen-bond donors (Lipinski definition) is 1. The van der Waals surface area contributed by atoms with E-state index in [-0.39, 0.29) is 4.88 Å². The molecule has 9 heteroatoms. The van der Waals surface area contributed by atoms with Crippen molar-refractivity contribution in [3.8, 4) is 10.7 Å². The molecule has 0 amide bonds. The number of nitrogens with zero attached hydrogens (tertiary/aromatic N) is 3. The molecule has 1 N–H and O–H groups in total. The van der Waals surface area contributed by atoms with Crippen molar-refractivity contribution in [2.75, 3.05) is 0 Å². The molecule has 0 spiro atoms. The fraction of sp³-hybridized carbons (Fsp3) is 0.111. The number of carboxylic acids is 1. The summed E-state index contributed by atoms with van der Waals surface area (Å²) in [5.74, 6) is -1.05. The van der Waals surface area contributed by atoms with Gasteiger partial charge in [-0.3, -0.25) is 4.98 Å². The molecule has 2 aromatic heterocycles. The van der Waals surface area contributed by atoms with Gasteiger partial charge in [0.1, 0.15) is 15.6 Å². The predicted octanol–water partition coefficient (Wildman–Crippen LogP) is 4.80. The van der Waals surface area contributed by atoms with Crippen molar-refractivity contribution in [2.24, 2.45) is 0 Å². The van der Waals surface area contributed by atoms with Gasteiger partial charge in [0, 0.05) is 0 Å². The van der Waals surface area contributed by atoms with Crippen LogP contribution in [0.25, 0.3) is 22.9 Å². The van der Waals surface area contributed by atoms with Crippen molar-refractivity contribution in [3.05, 3.63) is 64.1 Å². The van der Waals surface area contributed by atoms with E-state index in [0.717, 1.165) is 23.5 Å². The van der Waals surface area contributed by atoms with Crippen molar-refractivity contribution in [3.63, 3.8) is 0 Å². The van der Waals surface area contributed by atoms with E-state index >= 15 is 0 Å². The molecule has 2 heterocycles. The summed E-state index contributed by atoms with van der Waals surface area (Å²) in [5.41, 5.74) is 1.15. The Kier molecular flexibility index (Phi) is 5.04. The lowest BCUT2D eigenvalue weighted by Crippen LogP contribution is -2.03. The number of aromatic nitrogens is 3. The van der Waals surface area contributed by atoms with E-state index in [0.29, 0.717) is 27.7 Å². The zero-order valence-corrected chi connectivity index (χ0v) is 14.7. The monoisotopic (exact) mass is 391 g/mol. The van der Waals surface area contributed by atoms with Crippen molar-refractivity contribution in [2.45, 2.75) is 13.1 Å². The normalized spacial score (nSPS) is 11.9. The SMILES string of the molecule is Cc1nc(-c2cncc(C=Cc3ccc(C(F)(F)F)cc3)n2)sc1C(=O)O. The van der Waals surface area contributed by atoms with E-state index in [9.17, 15) is 18.0 Å². The van der Waals surface area contributed by atoms with Gasteiger partial charge in [-0.2, -0.15) is 13.2 Å². The highest BCUT2D eigenvalue weighted by Crippen LogP contribution is 2.29. The quantitative estimate of drug-likeness (QED) is 0.692. The van der Waals surface area contributed by atoms with Crippen molar-refractivity contribution in [1.29, 1.82) is 0 Å². The summed E-state index contributed by atoms with van der Waals surface area (Å²) < 4.78 is 37.7. The van der Waals surface area contributed by atoms with E-state index in [2.05, 4.69) is 15.0 Å². The van der Waals surface area contributed by atoms with Gasteiger partial charge in [-0.1, -0.05) is 18.2 Å². The van der Waals surface area contributed by atoms with Crippen molar-refractivity contribution in [1.82, 2.24) is 15.0 Å². The predicted molar refractivity (Wildman–Crippen MR) is 95.2 cm³/mol. The fourth-order valence-corrected chi connectivity index (χ4v) is 3.09. The number of benzene rings is 1. The zero-order chi connectivity index (χ0) is 19.6. The molecule has 0 fully saturated rings. The third kappa shape index (κ3) is 4.37. The Balaban J connectivity index is 1.83. The van der Waals surface area contributed by atoms with Gasteiger partial charge in [0.2, 0.25) is 0 Å². The van der Waals surface area contributed by atoms with Gasteiger partial charge < -0.3 is 5.11 Å². The molecule has 0 unspecified atom stereocenters. The Morgan fingerprint density at radius 3 is 2.41 bits per heavy atom. The van der Waals surface area contributed by atoms with Crippen LogP contribution in [0.4, 0.5) is 13.2 Å². The smallest absolute Gasteiger partial charge is 0.416 e. The molecule has 3 aromatic rings. The highest BCUT2D eigenvalue weighted by molar-refractivity contribution is 7.17. The topological polar surface area (TPSA) is 76.0 Å². The number of hydrogen-bond acceptors (Lipinski definition) is 5. The largest absolute Gasteiger partial charge is 0.477 e. The number of halogens is 3. The molecule has 0 aliphatic carbocycles. The number of thiazole rings is 1. The molecule has 0 saturated heterocycles. The summed E-state index contributed by atoms with van der Waals surface area (Å²) in [6, 6.07) is 4.74. The summed E-state index contributed by atoms with van der Waals surface area (Å²) in [5, 5.41) is 9.55. The maximum absolute atomic E-state index is 12.6. The molecule has 5 nitrogen and oxygen atoms in total. The van der Waals surface area contributed by atoms with Crippen LogP contribution < -0.4 is 0 Å². The van der Waals surface area contributed by atoms with Gasteiger partial charge in [-0.05, 0) is 30.7 Å². The van der Waals surface area contributed by atoms with Gasteiger partial charge in [-0.15, -0.1) is 11.3 Å². The maximum atomic E-state index is 12.6. The van der Waals surface area contributed by atoms with Crippen LogP contribution in [-0.2, 0) is 6.18 Å². The molecule has 138 valence electrons. The first-order valence-electron chi connectivity index (χ1n) is 7.62. The first kappa shape index (κ1) is 18.7. The van der Waals surface area contributed by atoms with Crippen LogP contribution in [-0.4, -0.2) is 26.0 Å². The van der Waals surface area contributed by atoms with Gasteiger partial charge >= 0.3 is 12.1 Å². The number of aromatic carboxylic acids is 1. The second kappa shape index (κ2) is 7.28. The molecular formula is C18H12F3N3O2S. The molecule has 1 aromatic carbocycles. The number of carbonyl (C=O) groups is 1. The Morgan fingerprint density at radius 2 is 1.81 bits per heavy atom. The zero-order valence-electron chi connectivity index (χ0n) is 13.9. The number of aryl methyl sites for hydroxylation is 1. The second-order valence-electron chi connectivity index (χ2n) is 5.52. The van der Waals surface area contributed by atoms with Crippen LogP contribution in [0.5, 0.6) is 0 Å². The lowest BCUT2D eigenvalue weighted by Gasteiger charge is -2.05. The molecule has 0 aliphatic rings. The van der Waals surface area contributed by atoms with Crippen molar-refractivity contribution < 1.29 is 23.1 Å². The van der Waals surface area contributed by atoms with E-state index < -0.39 is 17.7 Å². The van der Waals surface area contributed by atoms with Gasteiger partial charge in [0.25, 0.3) is 0 Å². The molecule has 0 saturated carbocycles. The third-order valence-electron chi connectivity index (χ3n) is 3.55. The van der Waals surface area contributed by atoms with E-state index in [1.807, 2.05) is 0 Å². The van der Waals surface area contributed by atoms with E-state index in [1.54, 1.807) is 19.1 Å². The lowest BCUT2D eigenvalue weighted by molar-refractivity contribution is -0.137. The summed E-state index contributed by atoms with van der Waals surface area (Å²) in [6.07, 6.45) is 1.81. The van der Waals surface area contributed by atoms with Gasteiger partial charge in [0.15, 0.2) is 0 Å². The molecule has 0 aliphatic heterocycles. The van der Waals surface area contributed by atoms with Crippen LogP contribution in [0.1, 0.15) is 32.2 Å². The molecule has 0 radical (unpaired) electrons. The summed E-state index contributed by atoms with van der Waals surface area (Å²) in [4.78, 5) is 23.9. The Morgan fingerprint density at radius 1 is 1.11 bits per heavy atom. The third-order valence-corrected chi connectivity index (χ3v) is 4.72. The van der Waals surface area contributed by atoms with Gasteiger partial charge in [-0.25, -0.2) is 14.8 Å². The molecule has 0 atom stereocenters. The molecular weight excluding hydrogens is 379 g/mol. The lowest BCUT2D eigenvalue weighted by atomic mass is 10.1. The fourth-order valence-electron chi connectivity index (χ4n) is 2.23. The summed E-state index contributed by atoms with van der Waals surface area (Å²) >= 11 is 1.00. The van der Waals surface area contributed by atoms with E-state index in [4.69, 9.17) is 5.11 Å². The maximum Gasteiger partial charge on any atom is 0.416 e. The van der Waals surface area contributed by atoms with Crippen LogP contribution in [0.15, 0.2) is 36.7 Å². The van der Waals surface area contributed by atoms with Crippen LogP contribution in [0.3, 0.4) is 0 Å². The standard InChI is InChI=1S/C18H12F3N3O2S/c1-10-15(17(25)26)27-16(23-10)14-9-22-8-13(24-14)7-4-11-2-5-12(6-3-11)18(19,20)21/h2-9H,1H3,(H,25,26). The van der Waals surface area contributed by atoms with Gasteiger partial charge in [0.05, 0.1) is 29.3 Å². The van der Waals surface area contributed by atoms with Crippen molar-refractivity contribution >= 4 is 29.5 Å². The highest BCUT2D eigenvalue weighted by atomic mass is 32.1. The van der Waals surface area contributed by atoms with Crippen LogP contribution in [0, 0.1) is 6.92 Å². The minimum atomic E-state index is -4.37. The molecule has 0 bridgehead atoms. The number of alkyl halides is 3.